The van der Waals surface area contributed by atoms with E-state index in [0.717, 1.165) is 35.5 Å². The first-order chi connectivity index (χ1) is 12.0. The molecule has 0 bridgehead atoms. The molecule has 5 nitrogen and oxygen atoms in total. The Morgan fingerprint density at radius 2 is 2.00 bits per heavy atom. The average molecular weight is 342 g/mol. The molecule has 0 saturated carbocycles. The van der Waals surface area contributed by atoms with Crippen molar-refractivity contribution >= 4 is 6.03 Å². The van der Waals surface area contributed by atoms with E-state index in [4.69, 9.17) is 9.15 Å². The molecule has 0 aliphatic carbocycles. The number of hydrogen-bond acceptors (Lipinski definition) is 3. The molecule has 3 rings (SSSR count). The SMILES string of the molecule is Cc1cc([C@H](C)NC(=O)N[C@H]2CCO[C@H](c3ccccc3)C2)c(C)o1. The Morgan fingerprint density at radius 3 is 2.68 bits per heavy atom. The third-order valence-electron chi connectivity index (χ3n) is 4.68. The number of ether oxygens (including phenoxy) is 1. The van der Waals surface area contributed by atoms with Crippen molar-refractivity contribution in [2.75, 3.05) is 6.61 Å². The van der Waals surface area contributed by atoms with Crippen LogP contribution in [-0.4, -0.2) is 18.7 Å². The van der Waals surface area contributed by atoms with Gasteiger partial charge in [-0.05, 0) is 45.2 Å². The Kier molecular flexibility index (Phi) is 5.43. The Hall–Kier alpha value is -2.27. The smallest absolute Gasteiger partial charge is 0.315 e. The van der Waals surface area contributed by atoms with Gasteiger partial charge in [-0.3, -0.25) is 0 Å². The predicted molar refractivity (Wildman–Crippen MR) is 96.4 cm³/mol. The highest BCUT2D eigenvalue weighted by atomic mass is 16.5. The van der Waals surface area contributed by atoms with Crippen LogP contribution in [0.4, 0.5) is 4.79 Å². The summed E-state index contributed by atoms with van der Waals surface area (Å²) in [5.74, 6) is 1.71. The molecule has 1 aliphatic rings. The van der Waals surface area contributed by atoms with E-state index < -0.39 is 0 Å². The van der Waals surface area contributed by atoms with Crippen molar-refractivity contribution in [3.8, 4) is 0 Å². The van der Waals surface area contributed by atoms with Crippen LogP contribution in [0, 0.1) is 13.8 Å². The van der Waals surface area contributed by atoms with E-state index in [1.54, 1.807) is 0 Å². The van der Waals surface area contributed by atoms with Crippen molar-refractivity contribution in [2.45, 2.75) is 51.8 Å². The Labute approximate surface area is 148 Å². The fourth-order valence-electron chi connectivity index (χ4n) is 3.41. The van der Waals surface area contributed by atoms with Gasteiger partial charge in [0.05, 0.1) is 12.1 Å². The molecule has 5 heteroatoms. The fraction of sp³-hybridized carbons (Fsp3) is 0.450. The molecule has 0 radical (unpaired) electrons. The van der Waals surface area contributed by atoms with E-state index >= 15 is 0 Å². The molecule has 2 aromatic rings. The molecule has 134 valence electrons. The van der Waals surface area contributed by atoms with E-state index in [0.29, 0.717) is 6.61 Å². The van der Waals surface area contributed by atoms with Gasteiger partial charge in [-0.15, -0.1) is 0 Å². The van der Waals surface area contributed by atoms with Gasteiger partial charge in [0.1, 0.15) is 11.5 Å². The summed E-state index contributed by atoms with van der Waals surface area (Å²) >= 11 is 0. The van der Waals surface area contributed by atoms with Crippen LogP contribution in [0.2, 0.25) is 0 Å². The largest absolute Gasteiger partial charge is 0.466 e. The maximum absolute atomic E-state index is 12.4. The van der Waals surface area contributed by atoms with E-state index in [9.17, 15) is 4.79 Å². The monoisotopic (exact) mass is 342 g/mol. The van der Waals surface area contributed by atoms with Gasteiger partial charge in [0.2, 0.25) is 0 Å². The summed E-state index contributed by atoms with van der Waals surface area (Å²) in [7, 11) is 0. The van der Waals surface area contributed by atoms with Gasteiger partial charge in [0, 0.05) is 18.2 Å². The lowest BCUT2D eigenvalue weighted by atomic mass is 9.97. The van der Waals surface area contributed by atoms with Crippen LogP contribution in [-0.2, 0) is 4.74 Å². The van der Waals surface area contributed by atoms with Gasteiger partial charge in [-0.2, -0.15) is 0 Å². The third kappa shape index (κ3) is 4.42. The van der Waals surface area contributed by atoms with Gasteiger partial charge in [-0.1, -0.05) is 30.3 Å². The number of rotatable bonds is 4. The lowest BCUT2D eigenvalue weighted by molar-refractivity contribution is 0.00222. The van der Waals surface area contributed by atoms with Gasteiger partial charge >= 0.3 is 6.03 Å². The number of carbonyl (C=O) groups is 1. The lowest BCUT2D eigenvalue weighted by Gasteiger charge is -2.30. The maximum atomic E-state index is 12.4. The molecule has 1 aliphatic heterocycles. The highest BCUT2D eigenvalue weighted by Crippen LogP contribution is 2.28. The van der Waals surface area contributed by atoms with Crippen LogP contribution in [0.3, 0.4) is 0 Å². The topological polar surface area (TPSA) is 63.5 Å². The van der Waals surface area contributed by atoms with Gasteiger partial charge in [0.25, 0.3) is 0 Å². The summed E-state index contributed by atoms with van der Waals surface area (Å²) in [5.41, 5.74) is 2.18. The number of furan rings is 1. The van der Waals surface area contributed by atoms with Gasteiger partial charge in [0.15, 0.2) is 0 Å². The van der Waals surface area contributed by atoms with E-state index in [1.165, 1.54) is 0 Å². The Morgan fingerprint density at radius 1 is 1.24 bits per heavy atom. The second-order valence-corrected chi connectivity index (χ2v) is 6.70. The molecule has 0 spiro atoms. The van der Waals surface area contributed by atoms with Gasteiger partial charge in [-0.25, -0.2) is 4.79 Å². The zero-order chi connectivity index (χ0) is 17.8. The molecule has 2 heterocycles. The number of nitrogens with one attached hydrogen (secondary N) is 2. The molecular formula is C20H26N2O3. The van der Waals surface area contributed by atoms with Crippen LogP contribution in [0.1, 0.15) is 54.6 Å². The molecular weight excluding hydrogens is 316 g/mol. The fourth-order valence-corrected chi connectivity index (χ4v) is 3.41. The van der Waals surface area contributed by atoms with Crippen molar-refractivity contribution in [1.29, 1.82) is 0 Å². The van der Waals surface area contributed by atoms with Crippen LogP contribution in [0.15, 0.2) is 40.8 Å². The highest BCUT2D eigenvalue weighted by Gasteiger charge is 2.25. The highest BCUT2D eigenvalue weighted by molar-refractivity contribution is 5.74. The number of benzene rings is 1. The van der Waals surface area contributed by atoms with E-state index in [-0.39, 0.29) is 24.2 Å². The minimum atomic E-state index is -0.149. The second kappa shape index (κ2) is 7.74. The van der Waals surface area contributed by atoms with Crippen molar-refractivity contribution in [3.63, 3.8) is 0 Å². The summed E-state index contributed by atoms with van der Waals surface area (Å²) in [6.07, 6.45) is 1.65. The summed E-state index contributed by atoms with van der Waals surface area (Å²) in [5, 5.41) is 6.09. The van der Waals surface area contributed by atoms with Gasteiger partial charge < -0.3 is 19.8 Å². The average Bonchev–Trinajstić information content (AvgIpc) is 2.94. The molecule has 2 N–H and O–H groups in total. The number of carbonyl (C=O) groups excluding carboxylic acids is 1. The standard InChI is InChI=1S/C20H26N2O3/c1-13-11-18(15(3)25-13)14(2)21-20(23)22-17-9-10-24-19(12-17)16-7-5-4-6-8-16/h4-8,11,14,17,19H,9-10,12H2,1-3H3,(H2,21,22,23)/t14-,17-,19-/m0/s1. The molecule has 1 saturated heterocycles. The number of urea groups is 1. The zero-order valence-electron chi connectivity index (χ0n) is 15.0. The minimum absolute atomic E-state index is 0.0384. The van der Waals surface area contributed by atoms with Crippen LogP contribution < -0.4 is 10.6 Å². The molecule has 1 aromatic heterocycles. The molecule has 2 amide bonds. The van der Waals surface area contributed by atoms with E-state index in [1.807, 2.05) is 45.0 Å². The summed E-state index contributed by atoms with van der Waals surface area (Å²) in [6, 6.07) is 12.0. The Balaban J connectivity index is 1.54. The number of hydrogen-bond donors (Lipinski definition) is 2. The normalized spacial score (nSPS) is 21.6. The first-order valence-electron chi connectivity index (χ1n) is 8.83. The van der Waals surface area contributed by atoms with Crippen molar-refractivity contribution in [1.82, 2.24) is 10.6 Å². The van der Waals surface area contributed by atoms with Crippen molar-refractivity contribution in [2.24, 2.45) is 0 Å². The molecule has 0 unspecified atom stereocenters. The molecule has 1 aromatic carbocycles. The van der Waals surface area contributed by atoms with Crippen molar-refractivity contribution < 1.29 is 13.9 Å². The zero-order valence-corrected chi connectivity index (χ0v) is 15.0. The minimum Gasteiger partial charge on any atom is -0.466 e. The van der Waals surface area contributed by atoms with Crippen LogP contribution in [0.25, 0.3) is 0 Å². The maximum Gasteiger partial charge on any atom is 0.315 e. The number of amides is 2. The summed E-state index contributed by atoms with van der Waals surface area (Å²) in [6.45, 7) is 6.45. The predicted octanol–water partition coefficient (Wildman–Crippen LogP) is 4.18. The van der Waals surface area contributed by atoms with Crippen LogP contribution in [0.5, 0.6) is 0 Å². The third-order valence-corrected chi connectivity index (χ3v) is 4.68. The first-order valence-corrected chi connectivity index (χ1v) is 8.83. The Bertz CT molecular complexity index is 711. The quantitative estimate of drug-likeness (QED) is 0.876. The summed E-state index contributed by atoms with van der Waals surface area (Å²) in [4.78, 5) is 12.4. The van der Waals surface area contributed by atoms with Crippen molar-refractivity contribution in [3.05, 3.63) is 59.0 Å². The second-order valence-electron chi connectivity index (χ2n) is 6.70. The molecule has 3 atom stereocenters. The molecule has 25 heavy (non-hydrogen) atoms. The number of aryl methyl sites for hydroxylation is 2. The van der Waals surface area contributed by atoms with E-state index in [2.05, 4.69) is 22.8 Å². The summed E-state index contributed by atoms with van der Waals surface area (Å²) < 4.78 is 11.4. The molecule has 1 fully saturated rings. The van der Waals surface area contributed by atoms with Crippen LogP contribution >= 0.6 is 0 Å². The first kappa shape index (κ1) is 17.5. The lowest BCUT2D eigenvalue weighted by Crippen LogP contribution is -2.45.